The molecule has 0 aromatic heterocycles. The van der Waals surface area contributed by atoms with Crippen molar-refractivity contribution in [2.45, 2.75) is 46.3 Å². The summed E-state index contributed by atoms with van der Waals surface area (Å²) in [6.07, 6.45) is 0.572. The monoisotopic (exact) mass is 305 g/mol. The Hall–Kier alpha value is -1.88. The molecule has 5 heteroatoms. The van der Waals surface area contributed by atoms with Crippen LogP contribution in [0.15, 0.2) is 30.3 Å². The van der Waals surface area contributed by atoms with E-state index >= 15 is 0 Å². The van der Waals surface area contributed by atoms with Gasteiger partial charge in [0.1, 0.15) is 12.7 Å². The molecule has 1 fully saturated rings. The van der Waals surface area contributed by atoms with E-state index in [2.05, 4.69) is 0 Å². The second-order valence-electron chi connectivity index (χ2n) is 6.53. The van der Waals surface area contributed by atoms with Crippen LogP contribution in [0.2, 0.25) is 0 Å². The Kier molecular flexibility index (Phi) is 5.19. The van der Waals surface area contributed by atoms with E-state index in [9.17, 15) is 9.59 Å². The molecule has 5 nitrogen and oxygen atoms in total. The lowest BCUT2D eigenvalue weighted by Crippen LogP contribution is -2.45. The van der Waals surface area contributed by atoms with Crippen LogP contribution in [0.3, 0.4) is 0 Å². The zero-order valence-corrected chi connectivity index (χ0v) is 13.4. The number of hydroxylamine groups is 2. The molecule has 1 aromatic rings. The van der Waals surface area contributed by atoms with Gasteiger partial charge in [-0.15, -0.1) is 0 Å². The molecule has 1 heterocycles. The maximum Gasteiger partial charge on any atom is 0.311 e. The van der Waals surface area contributed by atoms with Crippen LogP contribution in [0.4, 0.5) is 0 Å². The predicted molar refractivity (Wildman–Crippen MR) is 81.5 cm³/mol. The van der Waals surface area contributed by atoms with Gasteiger partial charge in [0, 0.05) is 6.42 Å². The highest BCUT2D eigenvalue weighted by molar-refractivity contribution is 5.77. The first-order valence-corrected chi connectivity index (χ1v) is 7.54. The summed E-state index contributed by atoms with van der Waals surface area (Å²) in [7, 11) is 0. The van der Waals surface area contributed by atoms with Crippen LogP contribution in [0.5, 0.6) is 0 Å². The maximum absolute atomic E-state index is 11.9. The average molecular weight is 305 g/mol. The molecule has 22 heavy (non-hydrogen) atoms. The number of esters is 1. The highest BCUT2D eigenvalue weighted by Gasteiger charge is 2.32. The molecule has 0 spiro atoms. The molecule has 1 unspecified atom stereocenters. The van der Waals surface area contributed by atoms with Gasteiger partial charge in [-0.05, 0) is 32.8 Å². The molecule has 0 saturated carbocycles. The van der Waals surface area contributed by atoms with Crippen LogP contribution in [0, 0.1) is 5.41 Å². The first-order chi connectivity index (χ1) is 10.4. The smallest absolute Gasteiger partial charge is 0.311 e. The van der Waals surface area contributed by atoms with E-state index in [0.29, 0.717) is 19.4 Å². The van der Waals surface area contributed by atoms with E-state index in [1.807, 2.05) is 51.1 Å². The average Bonchev–Trinajstić information content (AvgIpc) is 2.48. The van der Waals surface area contributed by atoms with E-state index < -0.39 is 5.41 Å². The topological polar surface area (TPSA) is 55.8 Å². The lowest BCUT2D eigenvalue weighted by atomic mass is 9.97. The number of carbonyl (C=O) groups is 2. The third kappa shape index (κ3) is 4.56. The number of amides is 1. The highest BCUT2D eigenvalue weighted by atomic mass is 16.7. The molecule has 1 aliphatic rings. The number of carbonyl (C=O) groups excluding carboxylic acids is 2. The molecule has 120 valence electrons. The first kappa shape index (κ1) is 16.5. The van der Waals surface area contributed by atoms with Crippen LogP contribution < -0.4 is 0 Å². The summed E-state index contributed by atoms with van der Waals surface area (Å²) in [5, 5.41) is 1.32. The van der Waals surface area contributed by atoms with Gasteiger partial charge in [-0.3, -0.25) is 14.4 Å². The quantitative estimate of drug-likeness (QED) is 0.803. The normalized spacial score (nSPS) is 19.1. The summed E-state index contributed by atoms with van der Waals surface area (Å²) in [5.41, 5.74) is 0.445. The molecule has 1 saturated heterocycles. The minimum Gasteiger partial charge on any atom is -0.460 e. The SMILES string of the molecule is CC(C)(C)C(=O)OC1CCC(=O)N(OCc2ccccc2)C1. The van der Waals surface area contributed by atoms with E-state index in [0.717, 1.165) is 5.56 Å². The van der Waals surface area contributed by atoms with Crippen molar-refractivity contribution in [3.8, 4) is 0 Å². The summed E-state index contributed by atoms with van der Waals surface area (Å²) in [6.45, 7) is 6.05. The first-order valence-electron chi connectivity index (χ1n) is 7.54. The van der Waals surface area contributed by atoms with E-state index in [4.69, 9.17) is 9.57 Å². The highest BCUT2D eigenvalue weighted by Crippen LogP contribution is 2.21. The second-order valence-corrected chi connectivity index (χ2v) is 6.53. The van der Waals surface area contributed by atoms with Gasteiger partial charge in [-0.25, -0.2) is 5.06 Å². The number of piperidine rings is 1. The lowest BCUT2D eigenvalue weighted by Gasteiger charge is -2.32. The van der Waals surface area contributed by atoms with Crippen LogP contribution in [0.25, 0.3) is 0 Å². The Labute approximate surface area is 131 Å². The number of hydrogen-bond donors (Lipinski definition) is 0. The van der Waals surface area contributed by atoms with Gasteiger partial charge < -0.3 is 4.74 Å². The van der Waals surface area contributed by atoms with Crippen molar-refractivity contribution in [1.82, 2.24) is 5.06 Å². The molecule has 1 atom stereocenters. The van der Waals surface area contributed by atoms with Crippen LogP contribution >= 0.6 is 0 Å². The minimum absolute atomic E-state index is 0.0704. The fourth-order valence-electron chi connectivity index (χ4n) is 2.06. The summed E-state index contributed by atoms with van der Waals surface area (Å²) in [5.74, 6) is -0.325. The summed E-state index contributed by atoms with van der Waals surface area (Å²) in [4.78, 5) is 29.4. The predicted octanol–water partition coefficient (Wildman–Crippen LogP) is 2.70. The van der Waals surface area contributed by atoms with Gasteiger partial charge in [0.25, 0.3) is 0 Å². The maximum atomic E-state index is 11.9. The number of rotatable bonds is 4. The molecule has 0 radical (unpaired) electrons. The van der Waals surface area contributed by atoms with Crippen molar-refractivity contribution >= 4 is 11.9 Å². The van der Waals surface area contributed by atoms with Crippen LogP contribution in [-0.2, 0) is 25.8 Å². The molecule has 0 N–H and O–H groups in total. The zero-order valence-electron chi connectivity index (χ0n) is 13.4. The molecule has 1 amide bonds. The third-order valence-electron chi connectivity index (χ3n) is 3.44. The molecule has 2 rings (SSSR count). The number of nitrogens with zero attached hydrogens (tertiary/aromatic N) is 1. The lowest BCUT2D eigenvalue weighted by molar-refractivity contribution is -0.211. The van der Waals surface area contributed by atoms with Crippen molar-refractivity contribution in [2.75, 3.05) is 6.54 Å². The Morgan fingerprint density at radius 1 is 1.27 bits per heavy atom. The van der Waals surface area contributed by atoms with Gasteiger partial charge >= 0.3 is 5.97 Å². The fraction of sp³-hybridized carbons (Fsp3) is 0.529. The Bertz CT molecular complexity index is 521. The van der Waals surface area contributed by atoms with Gasteiger partial charge in [-0.1, -0.05) is 30.3 Å². The van der Waals surface area contributed by atoms with Crippen molar-refractivity contribution < 1.29 is 19.2 Å². The zero-order chi connectivity index (χ0) is 16.2. The van der Waals surface area contributed by atoms with Crippen molar-refractivity contribution in [2.24, 2.45) is 5.41 Å². The molecular weight excluding hydrogens is 282 g/mol. The van der Waals surface area contributed by atoms with Gasteiger partial charge in [0.05, 0.1) is 12.0 Å². The van der Waals surface area contributed by atoms with Crippen LogP contribution in [0.1, 0.15) is 39.2 Å². The van der Waals surface area contributed by atoms with Crippen LogP contribution in [-0.4, -0.2) is 29.6 Å². The molecule has 0 bridgehead atoms. The van der Waals surface area contributed by atoms with E-state index in [1.54, 1.807) is 0 Å². The molecular formula is C17H23NO4. The van der Waals surface area contributed by atoms with Gasteiger partial charge in [0.2, 0.25) is 5.91 Å². The fourth-order valence-corrected chi connectivity index (χ4v) is 2.06. The Balaban J connectivity index is 1.88. The summed E-state index contributed by atoms with van der Waals surface area (Å²) in [6, 6.07) is 9.64. The summed E-state index contributed by atoms with van der Waals surface area (Å²) < 4.78 is 5.47. The third-order valence-corrected chi connectivity index (χ3v) is 3.44. The molecule has 1 aliphatic heterocycles. The Morgan fingerprint density at radius 3 is 2.59 bits per heavy atom. The Morgan fingerprint density at radius 2 is 1.95 bits per heavy atom. The second kappa shape index (κ2) is 6.92. The van der Waals surface area contributed by atoms with Crippen molar-refractivity contribution in [1.29, 1.82) is 0 Å². The number of ether oxygens (including phenoxy) is 1. The standard InChI is InChI=1S/C17H23NO4/c1-17(2,3)16(20)22-14-9-10-15(19)18(11-14)21-12-13-7-5-4-6-8-13/h4-8,14H,9-12H2,1-3H3. The molecule has 1 aromatic carbocycles. The number of benzene rings is 1. The largest absolute Gasteiger partial charge is 0.460 e. The molecule has 0 aliphatic carbocycles. The number of hydrogen-bond acceptors (Lipinski definition) is 4. The van der Waals surface area contributed by atoms with Crippen molar-refractivity contribution in [3.63, 3.8) is 0 Å². The summed E-state index contributed by atoms with van der Waals surface area (Å²) >= 11 is 0. The van der Waals surface area contributed by atoms with E-state index in [1.165, 1.54) is 5.06 Å². The van der Waals surface area contributed by atoms with E-state index in [-0.39, 0.29) is 24.5 Å². The van der Waals surface area contributed by atoms with Gasteiger partial charge in [0.15, 0.2) is 0 Å². The van der Waals surface area contributed by atoms with Crippen molar-refractivity contribution in [3.05, 3.63) is 35.9 Å². The van der Waals surface area contributed by atoms with Gasteiger partial charge in [-0.2, -0.15) is 0 Å². The minimum atomic E-state index is -0.544.